The van der Waals surface area contributed by atoms with Crippen LogP contribution in [0.3, 0.4) is 0 Å². The van der Waals surface area contributed by atoms with E-state index >= 15 is 0 Å². The van der Waals surface area contributed by atoms with Crippen molar-refractivity contribution in [1.82, 2.24) is 9.78 Å². The van der Waals surface area contributed by atoms with Gasteiger partial charge in [-0.05, 0) is 44.5 Å². The second-order valence-electron chi connectivity index (χ2n) is 7.43. The van der Waals surface area contributed by atoms with Crippen molar-refractivity contribution in [2.75, 3.05) is 5.32 Å². The number of carbonyl (C=O) groups excluding carboxylic acids is 2. The van der Waals surface area contributed by atoms with Gasteiger partial charge >= 0.3 is 5.97 Å². The zero-order valence-electron chi connectivity index (χ0n) is 15.9. The maximum atomic E-state index is 12.7. The van der Waals surface area contributed by atoms with E-state index in [9.17, 15) is 9.59 Å². The average Bonchev–Trinajstić information content (AvgIpc) is 2.95. The molecule has 140 valence electrons. The molecule has 0 atom stereocenters. The molecular weight excluding hydrogens is 342 g/mol. The van der Waals surface area contributed by atoms with Gasteiger partial charge in [0.2, 0.25) is 0 Å². The molecule has 0 aliphatic heterocycles. The molecule has 2 aromatic carbocycles. The molecule has 0 saturated carbocycles. The average molecular weight is 365 g/mol. The van der Waals surface area contributed by atoms with Gasteiger partial charge in [-0.1, -0.05) is 24.3 Å². The van der Waals surface area contributed by atoms with E-state index in [1.165, 1.54) is 0 Å². The molecule has 0 spiro atoms. The fourth-order valence-corrected chi connectivity index (χ4v) is 2.90. The molecule has 0 aliphatic rings. The number of hydrogen-bond acceptors (Lipinski definition) is 4. The lowest BCUT2D eigenvalue weighted by Crippen LogP contribution is -2.25. The fourth-order valence-electron chi connectivity index (χ4n) is 2.90. The predicted molar refractivity (Wildman–Crippen MR) is 105 cm³/mol. The number of fused-ring (bicyclic) bond motifs is 1. The van der Waals surface area contributed by atoms with Crippen LogP contribution in [-0.4, -0.2) is 27.3 Å². The summed E-state index contributed by atoms with van der Waals surface area (Å²) in [5.74, 6) is -0.561. The first-order chi connectivity index (χ1) is 12.7. The number of aryl methyl sites for hydroxylation is 1. The number of nitrogens with one attached hydrogen (secondary N) is 1. The van der Waals surface area contributed by atoms with Gasteiger partial charge in [0.25, 0.3) is 5.91 Å². The van der Waals surface area contributed by atoms with Gasteiger partial charge in [0.05, 0.1) is 23.8 Å². The smallest absolute Gasteiger partial charge is 0.310 e. The second kappa shape index (κ2) is 7.23. The summed E-state index contributed by atoms with van der Waals surface area (Å²) in [5, 5.41) is 8.11. The standard InChI is InChI=1S/C21H23N3O3/c1-21(2,3)27-18(25)12-14-7-5-8-15(11-14)20(26)23-17-10-6-9-16-13-22-24(4)19(16)17/h5-11,13H,12H2,1-4H3,(H,23,26). The Labute approximate surface area is 158 Å². The summed E-state index contributed by atoms with van der Waals surface area (Å²) in [6.45, 7) is 5.48. The van der Waals surface area contributed by atoms with Gasteiger partial charge in [0.1, 0.15) is 5.60 Å². The molecule has 0 radical (unpaired) electrons. The highest BCUT2D eigenvalue weighted by Crippen LogP contribution is 2.23. The maximum Gasteiger partial charge on any atom is 0.310 e. The van der Waals surface area contributed by atoms with Crippen molar-refractivity contribution in [3.63, 3.8) is 0 Å². The highest BCUT2D eigenvalue weighted by molar-refractivity contribution is 6.08. The Morgan fingerprint density at radius 2 is 1.89 bits per heavy atom. The molecule has 1 amide bonds. The summed E-state index contributed by atoms with van der Waals surface area (Å²) >= 11 is 0. The Bertz CT molecular complexity index is 999. The van der Waals surface area contributed by atoms with Crippen molar-refractivity contribution in [1.29, 1.82) is 0 Å². The molecule has 1 heterocycles. The second-order valence-corrected chi connectivity index (χ2v) is 7.43. The largest absolute Gasteiger partial charge is 0.460 e. The van der Waals surface area contributed by atoms with Crippen molar-refractivity contribution in [3.8, 4) is 0 Å². The lowest BCUT2D eigenvalue weighted by atomic mass is 10.1. The summed E-state index contributed by atoms with van der Waals surface area (Å²) in [7, 11) is 1.83. The number of ether oxygens (including phenoxy) is 1. The third-order valence-corrected chi connectivity index (χ3v) is 3.97. The number of para-hydroxylation sites is 1. The van der Waals surface area contributed by atoms with Crippen LogP contribution in [0.1, 0.15) is 36.7 Å². The third-order valence-electron chi connectivity index (χ3n) is 3.97. The van der Waals surface area contributed by atoms with E-state index in [4.69, 9.17) is 4.74 Å². The van der Waals surface area contributed by atoms with E-state index in [1.807, 2.05) is 52.1 Å². The maximum absolute atomic E-state index is 12.7. The Balaban J connectivity index is 1.77. The van der Waals surface area contributed by atoms with Gasteiger partial charge in [0.15, 0.2) is 0 Å². The van der Waals surface area contributed by atoms with E-state index in [2.05, 4.69) is 10.4 Å². The Hall–Kier alpha value is -3.15. The lowest BCUT2D eigenvalue weighted by Gasteiger charge is -2.19. The lowest BCUT2D eigenvalue weighted by molar-refractivity contribution is -0.153. The molecule has 6 heteroatoms. The molecule has 6 nitrogen and oxygen atoms in total. The van der Waals surface area contributed by atoms with E-state index in [0.29, 0.717) is 11.3 Å². The van der Waals surface area contributed by atoms with E-state index in [0.717, 1.165) is 16.5 Å². The molecule has 1 N–H and O–H groups in total. The van der Waals surface area contributed by atoms with Gasteiger partial charge in [-0.15, -0.1) is 0 Å². The molecule has 3 rings (SSSR count). The number of anilines is 1. The molecule has 0 unspecified atom stereocenters. The van der Waals surface area contributed by atoms with Crippen LogP contribution in [0.2, 0.25) is 0 Å². The Morgan fingerprint density at radius 1 is 1.15 bits per heavy atom. The molecule has 27 heavy (non-hydrogen) atoms. The first kappa shape index (κ1) is 18.6. The molecule has 0 bridgehead atoms. The van der Waals surface area contributed by atoms with Crippen molar-refractivity contribution in [2.45, 2.75) is 32.8 Å². The van der Waals surface area contributed by atoms with Crippen LogP contribution in [0.4, 0.5) is 5.69 Å². The monoisotopic (exact) mass is 365 g/mol. The zero-order chi connectivity index (χ0) is 19.6. The molecule has 0 saturated heterocycles. The topological polar surface area (TPSA) is 73.2 Å². The summed E-state index contributed by atoms with van der Waals surface area (Å²) in [4.78, 5) is 24.7. The number of rotatable bonds is 4. The van der Waals surface area contributed by atoms with Crippen molar-refractivity contribution in [3.05, 3.63) is 59.8 Å². The molecule has 3 aromatic rings. The van der Waals surface area contributed by atoms with E-state index in [1.54, 1.807) is 29.1 Å². The minimum absolute atomic E-state index is 0.121. The predicted octanol–water partition coefficient (Wildman–Crippen LogP) is 3.71. The van der Waals surface area contributed by atoms with Crippen molar-refractivity contribution in [2.24, 2.45) is 7.05 Å². The number of benzene rings is 2. The first-order valence-corrected chi connectivity index (χ1v) is 8.76. The number of hydrogen-bond donors (Lipinski definition) is 1. The van der Waals surface area contributed by atoms with Crippen LogP contribution in [0.15, 0.2) is 48.7 Å². The molecule has 1 aromatic heterocycles. The number of nitrogens with zero attached hydrogens (tertiary/aromatic N) is 2. The van der Waals surface area contributed by atoms with Gasteiger partial charge in [-0.2, -0.15) is 5.10 Å². The number of carbonyl (C=O) groups is 2. The Morgan fingerprint density at radius 3 is 2.63 bits per heavy atom. The van der Waals surface area contributed by atoms with Crippen LogP contribution < -0.4 is 5.32 Å². The van der Waals surface area contributed by atoms with Crippen LogP contribution in [-0.2, 0) is 23.0 Å². The minimum Gasteiger partial charge on any atom is -0.460 e. The van der Waals surface area contributed by atoms with Crippen molar-refractivity contribution >= 4 is 28.5 Å². The summed E-state index contributed by atoms with van der Waals surface area (Å²) in [6.07, 6.45) is 1.88. The summed E-state index contributed by atoms with van der Waals surface area (Å²) in [6, 6.07) is 12.7. The van der Waals surface area contributed by atoms with Crippen LogP contribution in [0.5, 0.6) is 0 Å². The van der Waals surface area contributed by atoms with Gasteiger partial charge in [0, 0.05) is 18.0 Å². The van der Waals surface area contributed by atoms with Crippen LogP contribution >= 0.6 is 0 Å². The van der Waals surface area contributed by atoms with Crippen LogP contribution in [0.25, 0.3) is 10.9 Å². The highest BCUT2D eigenvalue weighted by Gasteiger charge is 2.17. The Kier molecular flexibility index (Phi) is 4.99. The molecule has 0 aliphatic carbocycles. The van der Waals surface area contributed by atoms with Gasteiger partial charge in [-0.3, -0.25) is 14.3 Å². The third kappa shape index (κ3) is 4.53. The number of esters is 1. The van der Waals surface area contributed by atoms with E-state index < -0.39 is 5.60 Å². The van der Waals surface area contributed by atoms with Crippen molar-refractivity contribution < 1.29 is 14.3 Å². The normalized spacial score (nSPS) is 11.4. The molecule has 0 fully saturated rings. The highest BCUT2D eigenvalue weighted by atomic mass is 16.6. The minimum atomic E-state index is -0.534. The SMILES string of the molecule is Cn1ncc2cccc(NC(=O)c3cccc(CC(=O)OC(C)(C)C)c3)c21. The molecular formula is C21H23N3O3. The summed E-state index contributed by atoms with van der Waals surface area (Å²) in [5.41, 5.74) is 2.23. The fraction of sp³-hybridized carbons (Fsp3) is 0.286. The number of aromatic nitrogens is 2. The van der Waals surface area contributed by atoms with Crippen LogP contribution in [0, 0.1) is 0 Å². The quantitative estimate of drug-likeness (QED) is 0.716. The zero-order valence-corrected chi connectivity index (χ0v) is 15.9. The number of amides is 1. The summed E-state index contributed by atoms with van der Waals surface area (Å²) < 4.78 is 7.07. The van der Waals surface area contributed by atoms with Gasteiger partial charge in [-0.25, -0.2) is 0 Å². The van der Waals surface area contributed by atoms with Gasteiger partial charge < -0.3 is 10.1 Å². The first-order valence-electron chi connectivity index (χ1n) is 8.76. The van der Waals surface area contributed by atoms with E-state index in [-0.39, 0.29) is 18.3 Å².